The monoisotopic (exact) mass is 341 g/mol. The Kier molecular flexibility index (Phi) is 3.84. The van der Waals surface area contributed by atoms with Gasteiger partial charge >= 0.3 is 0 Å². The third kappa shape index (κ3) is 2.67. The Morgan fingerprint density at radius 1 is 0.808 bits per heavy atom. The van der Waals surface area contributed by atoms with Crippen LogP contribution in [0.15, 0.2) is 77.2 Å². The molecule has 128 valence electrons. The van der Waals surface area contributed by atoms with Crippen LogP contribution in [0.1, 0.15) is 23.6 Å². The van der Waals surface area contributed by atoms with Crippen LogP contribution in [0.4, 0.5) is 0 Å². The molecule has 2 heterocycles. The Morgan fingerprint density at radius 3 is 2.19 bits per heavy atom. The highest BCUT2D eigenvalue weighted by atomic mass is 15.2. The molecule has 0 amide bonds. The van der Waals surface area contributed by atoms with Crippen LogP contribution in [-0.2, 0) is 5.66 Å². The zero-order valence-electron chi connectivity index (χ0n) is 14.7. The maximum absolute atomic E-state index is 6.11. The SMILES string of the molecule is CC1=N[C@@](c2ccc(C)cc2)(c2cccc(-c3cncnc3)c2)N=C1N. The summed E-state index contributed by atoms with van der Waals surface area (Å²) in [5, 5.41) is 0. The minimum atomic E-state index is -0.854. The second-order valence-electron chi connectivity index (χ2n) is 6.44. The Bertz CT molecular complexity index is 986. The van der Waals surface area contributed by atoms with Crippen molar-refractivity contribution in [3.05, 3.63) is 83.9 Å². The molecule has 0 unspecified atom stereocenters. The molecule has 1 aromatic heterocycles. The predicted octanol–water partition coefficient (Wildman–Crippen LogP) is 3.48. The molecule has 2 N–H and O–H groups in total. The number of rotatable bonds is 3. The number of aliphatic imine (C=N–C) groups is 2. The van der Waals surface area contributed by atoms with Crippen molar-refractivity contribution in [3.8, 4) is 11.1 Å². The van der Waals surface area contributed by atoms with Gasteiger partial charge in [0.1, 0.15) is 12.2 Å². The molecule has 5 nitrogen and oxygen atoms in total. The lowest BCUT2D eigenvalue weighted by atomic mass is 9.90. The second-order valence-corrected chi connectivity index (χ2v) is 6.44. The van der Waals surface area contributed by atoms with Gasteiger partial charge in [-0.25, -0.2) is 20.0 Å². The summed E-state index contributed by atoms with van der Waals surface area (Å²) in [5.74, 6) is 0.471. The van der Waals surface area contributed by atoms with E-state index < -0.39 is 5.66 Å². The van der Waals surface area contributed by atoms with Gasteiger partial charge in [0.15, 0.2) is 0 Å². The van der Waals surface area contributed by atoms with Crippen LogP contribution >= 0.6 is 0 Å². The molecule has 0 saturated heterocycles. The number of nitrogens with two attached hydrogens (primary N) is 1. The lowest BCUT2D eigenvalue weighted by Crippen LogP contribution is -2.22. The van der Waals surface area contributed by atoms with E-state index in [-0.39, 0.29) is 0 Å². The number of hydrogen-bond acceptors (Lipinski definition) is 5. The van der Waals surface area contributed by atoms with Gasteiger partial charge in [0, 0.05) is 29.1 Å². The molecular formula is C21H19N5. The van der Waals surface area contributed by atoms with E-state index in [9.17, 15) is 0 Å². The van der Waals surface area contributed by atoms with Crippen LogP contribution in [-0.4, -0.2) is 21.5 Å². The number of aryl methyl sites for hydroxylation is 1. The van der Waals surface area contributed by atoms with Crippen molar-refractivity contribution in [2.75, 3.05) is 0 Å². The average molecular weight is 341 g/mol. The molecule has 0 radical (unpaired) electrons. The lowest BCUT2D eigenvalue weighted by Gasteiger charge is -2.25. The van der Waals surface area contributed by atoms with Crippen LogP contribution in [0.25, 0.3) is 11.1 Å². The molecule has 3 aromatic rings. The molecule has 26 heavy (non-hydrogen) atoms. The number of aromatic nitrogens is 2. The zero-order valence-corrected chi connectivity index (χ0v) is 14.7. The van der Waals surface area contributed by atoms with Gasteiger partial charge in [-0.15, -0.1) is 0 Å². The van der Waals surface area contributed by atoms with Crippen molar-refractivity contribution < 1.29 is 0 Å². The molecule has 0 aliphatic carbocycles. The summed E-state index contributed by atoms with van der Waals surface area (Å²) in [7, 11) is 0. The van der Waals surface area contributed by atoms with E-state index in [1.807, 2.05) is 25.1 Å². The normalized spacial score (nSPS) is 19.2. The first-order valence-corrected chi connectivity index (χ1v) is 8.44. The molecular weight excluding hydrogens is 322 g/mol. The van der Waals surface area contributed by atoms with Gasteiger partial charge in [-0.1, -0.05) is 48.0 Å². The maximum Gasteiger partial charge on any atom is 0.204 e. The van der Waals surface area contributed by atoms with Gasteiger partial charge in [-0.2, -0.15) is 0 Å². The molecule has 5 heteroatoms. The first kappa shape index (κ1) is 16.1. The van der Waals surface area contributed by atoms with Crippen molar-refractivity contribution in [2.45, 2.75) is 19.5 Å². The number of amidine groups is 1. The molecule has 0 spiro atoms. The molecule has 1 atom stereocenters. The van der Waals surface area contributed by atoms with E-state index in [2.05, 4.69) is 47.2 Å². The van der Waals surface area contributed by atoms with Crippen LogP contribution in [0.5, 0.6) is 0 Å². The smallest absolute Gasteiger partial charge is 0.204 e. The summed E-state index contributed by atoms with van der Waals surface area (Å²) in [4.78, 5) is 17.9. The quantitative estimate of drug-likeness (QED) is 0.792. The summed E-state index contributed by atoms with van der Waals surface area (Å²) in [6.07, 6.45) is 5.12. The highest BCUT2D eigenvalue weighted by Crippen LogP contribution is 2.39. The van der Waals surface area contributed by atoms with Crippen molar-refractivity contribution in [3.63, 3.8) is 0 Å². The maximum atomic E-state index is 6.11. The van der Waals surface area contributed by atoms with Gasteiger partial charge in [0.05, 0.1) is 5.71 Å². The first-order valence-electron chi connectivity index (χ1n) is 8.44. The van der Waals surface area contributed by atoms with E-state index in [1.165, 1.54) is 11.9 Å². The molecule has 0 bridgehead atoms. The lowest BCUT2D eigenvalue weighted by molar-refractivity contribution is 0.588. The van der Waals surface area contributed by atoms with Crippen molar-refractivity contribution >= 4 is 11.5 Å². The summed E-state index contributed by atoms with van der Waals surface area (Å²) in [6, 6.07) is 16.4. The Labute approximate surface area is 152 Å². The Hall–Kier alpha value is -3.34. The minimum absolute atomic E-state index is 0.471. The van der Waals surface area contributed by atoms with Crippen LogP contribution in [0, 0.1) is 6.92 Å². The van der Waals surface area contributed by atoms with Crippen LogP contribution in [0.2, 0.25) is 0 Å². The topological polar surface area (TPSA) is 76.5 Å². The van der Waals surface area contributed by atoms with Gasteiger partial charge in [-0.05, 0) is 25.5 Å². The van der Waals surface area contributed by atoms with E-state index in [4.69, 9.17) is 15.7 Å². The van der Waals surface area contributed by atoms with Gasteiger partial charge in [0.25, 0.3) is 0 Å². The molecule has 4 rings (SSSR count). The second kappa shape index (κ2) is 6.19. The fraction of sp³-hybridized carbons (Fsp3) is 0.143. The number of nitrogens with zero attached hydrogens (tertiary/aromatic N) is 4. The average Bonchev–Trinajstić information content (AvgIpc) is 2.99. The van der Waals surface area contributed by atoms with Gasteiger partial charge in [-0.3, -0.25) is 0 Å². The zero-order chi connectivity index (χ0) is 18.1. The summed E-state index contributed by atoms with van der Waals surface area (Å²) >= 11 is 0. The predicted molar refractivity (Wildman–Crippen MR) is 104 cm³/mol. The first-order chi connectivity index (χ1) is 12.6. The Morgan fingerprint density at radius 2 is 1.54 bits per heavy atom. The Balaban J connectivity index is 1.91. The molecule has 0 fully saturated rings. The third-order valence-electron chi connectivity index (χ3n) is 4.60. The van der Waals surface area contributed by atoms with Crippen LogP contribution in [0.3, 0.4) is 0 Å². The molecule has 0 saturated carbocycles. The van der Waals surface area contributed by atoms with Crippen molar-refractivity contribution in [2.24, 2.45) is 15.7 Å². The fourth-order valence-electron chi connectivity index (χ4n) is 3.15. The standard InChI is InChI=1S/C21H19N5/c1-14-6-8-18(9-7-14)21(25-15(2)20(22)26-21)19-5-3-4-16(10-19)17-11-23-13-24-12-17/h3-13H,1-2H3,(H2,22,26)/t21-/m1/s1. The molecule has 1 aliphatic heterocycles. The number of hydrogen-bond donors (Lipinski definition) is 1. The third-order valence-corrected chi connectivity index (χ3v) is 4.60. The number of benzene rings is 2. The summed E-state index contributed by atoms with van der Waals surface area (Å²) in [6.45, 7) is 3.96. The van der Waals surface area contributed by atoms with E-state index in [0.717, 1.165) is 28.0 Å². The highest BCUT2D eigenvalue weighted by Gasteiger charge is 2.38. The van der Waals surface area contributed by atoms with Crippen molar-refractivity contribution in [1.82, 2.24) is 9.97 Å². The fourth-order valence-corrected chi connectivity index (χ4v) is 3.15. The van der Waals surface area contributed by atoms with E-state index in [1.54, 1.807) is 12.4 Å². The molecule has 2 aromatic carbocycles. The summed E-state index contributed by atoms with van der Waals surface area (Å²) in [5.41, 5.74) is 11.1. The summed E-state index contributed by atoms with van der Waals surface area (Å²) < 4.78 is 0. The van der Waals surface area contributed by atoms with E-state index in [0.29, 0.717) is 5.84 Å². The minimum Gasteiger partial charge on any atom is -0.382 e. The van der Waals surface area contributed by atoms with Gasteiger partial charge < -0.3 is 5.73 Å². The van der Waals surface area contributed by atoms with Gasteiger partial charge in [0.2, 0.25) is 5.66 Å². The largest absolute Gasteiger partial charge is 0.382 e. The van der Waals surface area contributed by atoms with E-state index >= 15 is 0 Å². The highest BCUT2D eigenvalue weighted by molar-refractivity contribution is 6.41. The van der Waals surface area contributed by atoms with Crippen LogP contribution < -0.4 is 5.73 Å². The molecule has 1 aliphatic rings. The van der Waals surface area contributed by atoms with Crippen molar-refractivity contribution in [1.29, 1.82) is 0 Å².